The molecule has 2 atom stereocenters. The van der Waals surface area contributed by atoms with Gasteiger partial charge in [-0.3, -0.25) is 0 Å². The van der Waals surface area contributed by atoms with Crippen molar-refractivity contribution in [2.24, 2.45) is 0 Å². The zero-order valence-corrected chi connectivity index (χ0v) is 9.55. The standard InChI is InChI=1S/C10H8BrF3O2/c11-5-1-2-8-6(3-5)7(9(15)16-8)4-10(12,13)14/h1-3,7,9,15H,4H2. The molecule has 1 N–H and O–H groups in total. The minimum atomic E-state index is -4.32. The van der Waals surface area contributed by atoms with Gasteiger partial charge in [-0.25, -0.2) is 0 Å². The van der Waals surface area contributed by atoms with Gasteiger partial charge >= 0.3 is 6.18 Å². The van der Waals surface area contributed by atoms with Gasteiger partial charge in [-0.05, 0) is 18.2 Å². The maximum Gasteiger partial charge on any atom is 0.389 e. The van der Waals surface area contributed by atoms with Gasteiger partial charge in [-0.15, -0.1) is 0 Å². The van der Waals surface area contributed by atoms with Gasteiger partial charge in [0.1, 0.15) is 5.75 Å². The molecule has 0 amide bonds. The van der Waals surface area contributed by atoms with Crippen molar-refractivity contribution in [1.29, 1.82) is 0 Å². The zero-order chi connectivity index (χ0) is 11.9. The van der Waals surface area contributed by atoms with E-state index >= 15 is 0 Å². The number of hydrogen-bond donors (Lipinski definition) is 1. The highest BCUT2D eigenvalue weighted by Gasteiger charge is 2.41. The van der Waals surface area contributed by atoms with Crippen LogP contribution in [0.15, 0.2) is 22.7 Å². The number of rotatable bonds is 1. The monoisotopic (exact) mass is 296 g/mol. The number of hydrogen-bond acceptors (Lipinski definition) is 2. The van der Waals surface area contributed by atoms with Gasteiger partial charge in [0.15, 0.2) is 0 Å². The molecule has 88 valence electrons. The Hall–Kier alpha value is -0.750. The fourth-order valence-electron chi connectivity index (χ4n) is 1.74. The maximum atomic E-state index is 12.3. The molecule has 1 aromatic carbocycles. The Morgan fingerprint density at radius 1 is 1.38 bits per heavy atom. The van der Waals surface area contributed by atoms with E-state index in [1.54, 1.807) is 18.2 Å². The summed E-state index contributed by atoms with van der Waals surface area (Å²) in [5.74, 6) is -0.738. The highest BCUT2D eigenvalue weighted by molar-refractivity contribution is 9.10. The molecule has 6 heteroatoms. The van der Waals surface area contributed by atoms with Crippen LogP contribution in [0.3, 0.4) is 0 Å². The van der Waals surface area contributed by atoms with Crippen LogP contribution in [0.25, 0.3) is 0 Å². The number of alkyl halides is 3. The first-order chi connectivity index (χ1) is 7.37. The van der Waals surface area contributed by atoms with Crippen molar-refractivity contribution in [3.8, 4) is 5.75 Å². The van der Waals surface area contributed by atoms with Crippen molar-refractivity contribution in [3.63, 3.8) is 0 Å². The van der Waals surface area contributed by atoms with Crippen LogP contribution in [0.1, 0.15) is 17.9 Å². The Labute approximate surface area is 98.2 Å². The van der Waals surface area contributed by atoms with Crippen molar-refractivity contribution >= 4 is 15.9 Å². The number of aliphatic hydroxyl groups is 1. The lowest BCUT2D eigenvalue weighted by Crippen LogP contribution is -2.23. The number of fused-ring (bicyclic) bond motifs is 1. The van der Waals surface area contributed by atoms with E-state index < -0.39 is 24.8 Å². The van der Waals surface area contributed by atoms with Gasteiger partial charge in [0.25, 0.3) is 0 Å². The summed E-state index contributed by atoms with van der Waals surface area (Å²) in [6, 6.07) is 4.74. The Morgan fingerprint density at radius 2 is 2.06 bits per heavy atom. The van der Waals surface area contributed by atoms with Crippen LogP contribution in [0, 0.1) is 0 Å². The van der Waals surface area contributed by atoms with E-state index in [-0.39, 0.29) is 0 Å². The second-order valence-electron chi connectivity index (χ2n) is 3.62. The number of halogens is 4. The van der Waals surface area contributed by atoms with Crippen LogP contribution in [0.5, 0.6) is 5.75 Å². The summed E-state index contributed by atoms with van der Waals surface area (Å²) in [5, 5.41) is 9.43. The largest absolute Gasteiger partial charge is 0.464 e. The predicted molar refractivity (Wildman–Crippen MR) is 54.2 cm³/mol. The summed E-state index contributed by atoms with van der Waals surface area (Å²) in [4.78, 5) is 0. The molecule has 1 aromatic rings. The topological polar surface area (TPSA) is 29.5 Å². The average Bonchev–Trinajstić information content (AvgIpc) is 2.42. The van der Waals surface area contributed by atoms with E-state index in [1.807, 2.05) is 0 Å². The van der Waals surface area contributed by atoms with Gasteiger partial charge < -0.3 is 9.84 Å². The highest BCUT2D eigenvalue weighted by Crippen LogP contribution is 2.44. The first-order valence-electron chi connectivity index (χ1n) is 4.58. The van der Waals surface area contributed by atoms with Crippen LogP contribution < -0.4 is 4.74 Å². The Morgan fingerprint density at radius 3 is 2.69 bits per heavy atom. The Balaban J connectivity index is 2.31. The van der Waals surface area contributed by atoms with E-state index in [1.165, 1.54) is 0 Å². The molecule has 0 radical (unpaired) electrons. The molecule has 2 unspecified atom stereocenters. The quantitative estimate of drug-likeness (QED) is 0.862. The van der Waals surface area contributed by atoms with Crippen LogP contribution in [-0.2, 0) is 0 Å². The number of aliphatic hydroxyl groups excluding tert-OH is 1. The van der Waals surface area contributed by atoms with Crippen molar-refractivity contribution in [3.05, 3.63) is 28.2 Å². The molecule has 0 fully saturated rings. The molecule has 0 saturated heterocycles. The second-order valence-corrected chi connectivity index (χ2v) is 4.53. The molecular weight excluding hydrogens is 289 g/mol. The van der Waals surface area contributed by atoms with Gasteiger partial charge in [0.05, 0.1) is 12.3 Å². The van der Waals surface area contributed by atoms with E-state index in [4.69, 9.17) is 4.74 Å². The van der Waals surface area contributed by atoms with Gasteiger partial charge in [-0.1, -0.05) is 15.9 Å². The second kappa shape index (κ2) is 3.92. The SMILES string of the molecule is OC1Oc2ccc(Br)cc2C1CC(F)(F)F. The third kappa shape index (κ3) is 2.32. The zero-order valence-electron chi connectivity index (χ0n) is 7.96. The summed E-state index contributed by atoms with van der Waals surface area (Å²) >= 11 is 3.17. The lowest BCUT2D eigenvalue weighted by Gasteiger charge is -2.15. The van der Waals surface area contributed by atoms with Crippen LogP contribution in [-0.4, -0.2) is 17.6 Å². The first kappa shape index (κ1) is 11.7. The van der Waals surface area contributed by atoms with Gasteiger partial charge in [0.2, 0.25) is 6.29 Å². The van der Waals surface area contributed by atoms with E-state index in [0.717, 1.165) is 0 Å². The molecule has 0 aliphatic carbocycles. The molecule has 2 rings (SSSR count). The fourth-order valence-corrected chi connectivity index (χ4v) is 2.12. The normalized spacial score (nSPS) is 24.1. The summed E-state index contributed by atoms with van der Waals surface area (Å²) < 4.78 is 42.5. The molecule has 0 saturated carbocycles. The summed E-state index contributed by atoms with van der Waals surface area (Å²) in [7, 11) is 0. The minimum Gasteiger partial charge on any atom is -0.464 e. The molecule has 1 aliphatic heterocycles. The number of ether oxygens (including phenoxy) is 1. The van der Waals surface area contributed by atoms with Crippen LogP contribution in [0.4, 0.5) is 13.2 Å². The smallest absolute Gasteiger partial charge is 0.389 e. The molecule has 2 nitrogen and oxygen atoms in total. The molecule has 1 aliphatic rings. The number of benzene rings is 1. The molecule has 0 bridgehead atoms. The Kier molecular flexibility index (Phi) is 2.88. The lowest BCUT2D eigenvalue weighted by atomic mass is 9.96. The summed E-state index contributed by atoms with van der Waals surface area (Å²) in [6.07, 6.45) is -6.83. The lowest BCUT2D eigenvalue weighted by molar-refractivity contribution is -0.152. The van der Waals surface area contributed by atoms with Crippen LogP contribution in [0.2, 0.25) is 0 Å². The van der Waals surface area contributed by atoms with Crippen LogP contribution >= 0.6 is 15.9 Å². The van der Waals surface area contributed by atoms with Crippen molar-refractivity contribution in [1.82, 2.24) is 0 Å². The molecule has 0 spiro atoms. The van der Waals surface area contributed by atoms with E-state index in [2.05, 4.69) is 15.9 Å². The van der Waals surface area contributed by atoms with E-state index in [9.17, 15) is 18.3 Å². The fraction of sp³-hybridized carbons (Fsp3) is 0.400. The predicted octanol–water partition coefficient (Wildman–Crippen LogP) is 3.20. The molecule has 0 aromatic heterocycles. The maximum absolute atomic E-state index is 12.3. The third-order valence-corrected chi connectivity index (χ3v) is 2.91. The van der Waals surface area contributed by atoms with Crippen molar-refractivity contribution in [2.75, 3.05) is 0 Å². The Bertz CT molecular complexity index is 406. The summed E-state index contributed by atoms with van der Waals surface area (Å²) in [6.45, 7) is 0. The summed E-state index contributed by atoms with van der Waals surface area (Å²) in [5.41, 5.74) is 0.388. The molecular formula is C10H8BrF3O2. The van der Waals surface area contributed by atoms with Crippen molar-refractivity contribution < 1.29 is 23.0 Å². The third-order valence-electron chi connectivity index (χ3n) is 2.41. The van der Waals surface area contributed by atoms with Gasteiger partial charge in [-0.2, -0.15) is 13.2 Å². The van der Waals surface area contributed by atoms with E-state index in [0.29, 0.717) is 15.8 Å². The first-order valence-corrected chi connectivity index (χ1v) is 5.37. The highest BCUT2D eigenvalue weighted by atomic mass is 79.9. The minimum absolute atomic E-state index is 0.310. The van der Waals surface area contributed by atoms with Crippen molar-refractivity contribution in [2.45, 2.75) is 24.8 Å². The average molecular weight is 297 g/mol. The molecule has 1 heterocycles. The van der Waals surface area contributed by atoms with Gasteiger partial charge in [0, 0.05) is 10.0 Å². The molecule has 16 heavy (non-hydrogen) atoms.